The highest BCUT2D eigenvalue weighted by atomic mass is 16.6. The Morgan fingerprint density at radius 3 is 2.21 bits per heavy atom. The summed E-state index contributed by atoms with van der Waals surface area (Å²) in [5, 5.41) is 10.7. The number of rotatable bonds is 3. The van der Waals surface area contributed by atoms with Crippen LogP contribution in [-0.4, -0.2) is 65.4 Å². The highest BCUT2D eigenvalue weighted by Crippen LogP contribution is 2.31. The minimum atomic E-state index is -0.707. The van der Waals surface area contributed by atoms with Crippen molar-refractivity contribution in [3.63, 3.8) is 0 Å². The summed E-state index contributed by atoms with van der Waals surface area (Å²) >= 11 is 0. The van der Waals surface area contributed by atoms with Crippen LogP contribution in [-0.2, 0) is 4.79 Å². The van der Waals surface area contributed by atoms with Crippen molar-refractivity contribution in [3.8, 4) is 11.5 Å². The lowest BCUT2D eigenvalue weighted by Gasteiger charge is -2.37. The number of hydrogen-bond acceptors (Lipinski definition) is 6. The first-order chi connectivity index (χ1) is 14.0. The Morgan fingerprint density at radius 2 is 1.55 bits per heavy atom. The van der Waals surface area contributed by atoms with Gasteiger partial charge in [0.2, 0.25) is 6.10 Å². The van der Waals surface area contributed by atoms with Crippen LogP contribution in [0.3, 0.4) is 0 Å². The number of amides is 2. The number of carbonyl (C=O) groups excluding carboxylic acids is 2. The lowest BCUT2D eigenvalue weighted by Crippen LogP contribution is -2.55. The zero-order valence-electron chi connectivity index (χ0n) is 15.5. The molecule has 1 fully saturated rings. The summed E-state index contributed by atoms with van der Waals surface area (Å²) < 4.78 is 11.4. The fourth-order valence-corrected chi connectivity index (χ4v) is 3.38. The van der Waals surface area contributed by atoms with E-state index in [2.05, 4.69) is 0 Å². The molecule has 1 atom stereocenters. The number of nitrogens with zero attached hydrogens (tertiary/aromatic N) is 3. The average molecular weight is 397 g/mol. The van der Waals surface area contributed by atoms with Crippen molar-refractivity contribution in [1.29, 1.82) is 0 Å². The van der Waals surface area contributed by atoms with Crippen molar-refractivity contribution >= 4 is 17.5 Å². The van der Waals surface area contributed by atoms with Gasteiger partial charge in [0.05, 0.1) is 4.92 Å². The summed E-state index contributed by atoms with van der Waals surface area (Å²) in [6.07, 6.45) is -0.707. The molecular formula is C20H19N3O6. The molecule has 29 heavy (non-hydrogen) atoms. The highest BCUT2D eigenvalue weighted by molar-refractivity contribution is 5.94. The van der Waals surface area contributed by atoms with E-state index in [4.69, 9.17) is 9.47 Å². The number of carbonyl (C=O) groups is 2. The average Bonchev–Trinajstić information content (AvgIpc) is 2.78. The smallest absolute Gasteiger partial charge is 0.269 e. The first-order valence-electron chi connectivity index (χ1n) is 9.24. The van der Waals surface area contributed by atoms with Gasteiger partial charge in [-0.2, -0.15) is 0 Å². The van der Waals surface area contributed by atoms with Crippen LogP contribution in [0.4, 0.5) is 5.69 Å². The van der Waals surface area contributed by atoms with Crippen LogP contribution in [0.5, 0.6) is 11.5 Å². The van der Waals surface area contributed by atoms with E-state index < -0.39 is 11.0 Å². The lowest BCUT2D eigenvalue weighted by molar-refractivity contribution is -0.384. The van der Waals surface area contributed by atoms with Crippen LogP contribution >= 0.6 is 0 Å². The van der Waals surface area contributed by atoms with Crippen molar-refractivity contribution in [2.45, 2.75) is 6.10 Å². The molecule has 2 aliphatic heterocycles. The normalized spacial score (nSPS) is 18.3. The topological polar surface area (TPSA) is 102 Å². The van der Waals surface area contributed by atoms with Crippen LogP contribution in [0.25, 0.3) is 0 Å². The molecule has 0 N–H and O–H groups in total. The molecular weight excluding hydrogens is 378 g/mol. The molecule has 2 aliphatic rings. The molecule has 2 aromatic carbocycles. The van der Waals surface area contributed by atoms with Gasteiger partial charge in [-0.15, -0.1) is 0 Å². The standard InChI is InChI=1S/C20H19N3O6/c24-19(14-5-7-15(8-6-14)23(26)27)21-9-11-22(12-10-21)20(25)18-13-28-16-3-1-2-4-17(16)29-18/h1-8,18H,9-13H2/t18-/m1/s1. The summed E-state index contributed by atoms with van der Waals surface area (Å²) in [6, 6.07) is 12.7. The molecule has 0 saturated carbocycles. The molecule has 1 saturated heterocycles. The predicted octanol–water partition coefficient (Wildman–Crippen LogP) is 1.72. The molecule has 2 heterocycles. The molecule has 2 aromatic rings. The van der Waals surface area contributed by atoms with Crippen molar-refractivity contribution in [3.05, 3.63) is 64.2 Å². The molecule has 0 unspecified atom stereocenters. The van der Waals surface area contributed by atoms with Gasteiger partial charge in [0.25, 0.3) is 17.5 Å². The number of para-hydroxylation sites is 2. The molecule has 150 valence electrons. The SMILES string of the molecule is O=C(c1ccc([N+](=O)[O-])cc1)N1CCN(C(=O)[C@H]2COc3ccccc3O2)CC1. The van der Waals surface area contributed by atoms with E-state index in [1.807, 2.05) is 12.1 Å². The van der Waals surface area contributed by atoms with E-state index in [9.17, 15) is 19.7 Å². The Labute approximate surface area is 166 Å². The highest BCUT2D eigenvalue weighted by Gasteiger charge is 2.33. The Morgan fingerprint density at radius 1 is 0.931 bits per heavy atom. The summed E-state index contributed by atoms with van der Waals surface area (Å²) in [5.74, 6) is 0.791. The first-order valence-corrected chi connectivity index (χ1v) is 9.24. The molecule has 0 aliphatic carbocycles. The molecule has 0 radical (unpaired) electrons. The number of non-ortho nitro benzene ring substituents is 1. The van der Waals surface area contributed by atoms with Crippen LogP contribution < -0.4 is 9.47 Å². The molecule has 0 aromatic heterocycles. The Balaban J connectivity index is 1.34. The van der Waals surface area contributed by atoms with Gasteiger partial charge in [-0.3, -0.25) is 19.7 Å². The Kier molecular flexibility index (Phi) is 5.03. The number of fused-ring (bicyclic) bond motifs is 1. The van der Waals surface area contributed by atoms with Crippen molar-refractivity contribution in [2.75, 3.05) is 32.8 Å². The van der Waals surface area contributed by atoms with Gasteiger partial charge in [0.1, 0.15) is 6.61 Å². The maximum absolute atomic E-state index is 12.8. The second-order valence-corrected chi connectivity index (χ2v) is 6.79. The van der Waals surface area contributed by atoms with Gasteiger partial charge in [-0.05, 0) is 24.3 Å². The fraction of sp³-hybridized carbons (Fsp3) is 0.300. The molecule has 0 bridgehead atoms. The molecule has 9 nitrogen and oxygen atoms in total. The third-order valence-electron chi connectivity index (χ3n) is 4.99. The largest absolute Gasteiger partial charge is 0.485 e. The summed E-state index contributed by atoms with van der Waals surface area (Å²) in [5.41, 5.74) is 0.323. The zero-order valence-corrected chi connectivity index (χ0v) is 15.5. The molecule has 0 spiro atoms. The third-order valence-corrected chi connectivity index (χ3v) is 4.99. The third kappa shape index (κ3) is 3.84. The number of piperazine rings is 1. The van der Waals surface area contributed by atoms with E-state index in [1.54, 1.807) is 21.9 Å². The van der Waals surface area contributed by atoms with Crippen molar-refractivity contribution < 1.29 is 24.0 Å². The van der Waals surface area contributed by atoms with Gasteiger partial charge in [0.15, 0.2) is 11.5 Å². The van der Waals surface area contributed by atoms with Gasteiger partial charge in [0, 0.05) is 43.9 Å². The quantitative estimate of drug-likeness (QED) is 0.577. The van der Waals surface area contributed by atoms with Gasteiger partial charge < -0.3 is 19.3 Å². The van der Waals surface area contributed by atoms with E-state index in [1.165, 1.54) is 24.3 Å². The minimum absolute atomic E-state index is 0.0618. The summed E-state index contributed by atoms with van der Waals surface area (Å²) in [6.45, 7) is 1.69. The number of ether oxygens (including phenoxy) is 2. The van der Waals surface area contributed by atoms with Crippen molar-refractivity contribution in [1.82, 2.24) is 9.80 Å². The first kappa shape index (κ1) is 18.7. The zero-order chi connectivity index (χ0) is 20.4. The molecule has 2 amide bonds. The number of nitro groups is 1. The summed E-state index contributed by atoms with van der Waals surface area (Å²) in [7, 11) is 0. The monoisotopic (exact) mass is 397 g/mol. The van der Waals surface area contributed by atoms with Crippen LogP contribution in [0, 0.1) is 10.1 Å². The van der Waals surface area contributed by atoms with E-state index in [-0.39, 0.29) is 24.1 Å². The second kappa shape index (κ2) is 7.78. The maximum Gasteiger partial charge on any atom is 0.269 e. The maximum atomic E-state index is 12.8. The molecule has 4 rings (SSSR count). The van der Waals surface area contributed by atoms with Crippen LogP contribution in [0.1, 0.15) is 10.4 Å². The van der Waals surface area contributed by atoms with Crippen LogP contribution in [0.15, 0.2) is 48.5 Å². The minimum Gasteiger partial charge on any atom is -0.485 e. The number of nitro benzene ring substituents is 1. The van der Waals surface area contributed by atoms with E-state index >= 15 is 0 Å². The Hall–Kier alpha value is -3.62. The van der Waals surface area contributed by atoms with E-state index in [0.717, 1.165) is 0 Å². The number of hydrogen-bond donors (Lipinski definition) is 0. The number of benzene rings is 2. The predicted molar refractivity (Wildman–Crippen MR) is 102 cm³/mol. The van der Waals surface area contributed by atoms with Crippen LogP contribution in [0.2, 0.25) is 0 Å². The Bertz CT molecular complexity index is 937. The lowest BCUT2D eigenvalue weighted by atomic mass is 10.1. The fourth-order valence-electron chi connectivity index (χ4n) is 3.38. The molecule has 9 heteroatoms. The van der Waals surface area contributed by atoms with Gasteiger partial charge >= 0.3 is 0 Å². The summed E-state index contributed by atoms with van der Waals surface area (Å²) in [4.78, 5) is 38.9. The van der Waals surface area contributed by atoms with Gasteiger partial charge in [-0.25, -0.2) is 0 Å². The van der Waals surface area contributed by atoms with E-state index in [0.29, 0.717) is 43.2 Å². The van der Waals surface area contributed by atoms with Crippen molar-refractivity contribution in [2.24, 2.45) is 0 Å². The second-order valence-electron chi connectivity index (χ2n) is 6.79. The van der Waals surface area contributed by atoms with Gasteiger partial charge in [-0.1, -0.05) is 12.1 Å².